The van der Waals surface area contributed by atoms with Crippen LogP contribution in [0, 0.1) is 34.0 Å². The lowest BCUT2D eigenvalue weighted by molar-refractivity contribution is -0.132. The summed E-state index contributed by atoms with van der Waals surface area (Å²) in [6, 6.07) is 54.9. The highest BCUT2D eigenvalue weighted by Gasteiger charge is 2.45. The van der Waals surface area contributed by atoms with Gasteiger partial charge >= 0.3 is 0 Å². The van der Waals surface area contributed by atoms with Crippen LogP contribution >= 0.6 is 0 Å². The zero-order valence-corrected chi connectivity index (χ0v) is 46.7. The number of amides is 3. The van der Waals surface area contributed by atoms with Crippen LogP contribution in [0.15, 0.2) is 182 Å². The molecule has 6 aromatic carbocycles. The number of nitrogens with zero attached hydrogens (tertiary/aromatic N) is 6. The van der Waals surface area contributed by atoms with Gasteiger partial charge in [-0.3, -0.25) is 29.3 Å². The van der Waals surface area contributed by atoms with E-state index in [9.17, 15) is 0 Å². The molecule has 10 rings (SSSR count). The van der Waals surface area contributed by atoms with Gasteiger partial charge in [-0.05, 0) is 35.5 Å². The van der Waals surface area contributed by atoms with Gasteiger partial charge in [-0.2, -0.15) is 0 Å². The second kappa shape index (κ2) is 21.8. The molecule has 3 amide bonds. The quantitative estimate of drug-likeness (QED) is 0.121. The highest BCUT2D eigenvalue weighted by molar-refractivity contribution is 6.11. The number of pyridine rings is 3. The van der Waals surface area contributed by atoms with Crippen LogP contribution in [-0.4, -0.2) is 52.3 Å². The minimum atomic E-state index is -0.699. The summed E-state index contributed by atoms with van der Waals surface area (Å²) in [5.41, 5.74) is 6.58. The van der Waals surface area contributed by atoms with Gasteiger partial charge in [-0.1, -0.05) is 226 Å². The Balaban J connectivity index is 1.11. The molecular formula is C69H72N6O3. The van der Waals surface area contributed by atoms with Crippen molar-refractivity contribution in [2.75, 3.05) is 34.3 Å². The first-order valence-electron chi connectivity index (χ1n) is 27.6. The minimum absolute atomic E-state index is 0.122. The molecule has 9 heteroatoms. The standard InChI is InChI=1S/C69H72N6O3/c1-67(2,3)43-73(58-40-70-61(46-25-13-10-14-26-46)55-34-22-19-31-52(55)58)64(76)49-37-50(65(77)74(44-68(4,5)6)59-41-71-62(47-27-15-11-16-28-47)56-35-23-20-32-53(56)59)39-51(38-49)66(78)75(45-69(7,8)9)60-42-72-63(48-29-17-12-18-30-48)57-36-24-21-33-54(57)60/h10-36,40-42,49-51H,37-39,43-45H2,1-9H3. The maximum atomic E-state index is 16.2. The van der Waals surface area contributed by atoms with Crippen molar-refractivity contribution in [1.82, 2.24) is 15.0 Å². The van der Waals surface area contributed by atoms with Crippen LogP contribution in [0.3, 0.4) is 0 Å². The van der Waals surface area contributed by atoms with E-state index in [-0.39, 0.29) is 53.2 Å². The summed E-state index contributed by atoms with van der Waals surface area (Å²) in [5, 5.41) is 5.53. The van der Waals surface area contributed by atoms with E-state index in [1.54, 1.807) is 0 Å². The average molecular weight is 1030 g/mol. The van der Waals surface area contributed by atoms with Gasteiger partial charge in [-0.15, -0.1) is 0 Å². The SMILES string of the molecule is CC(C)(C)CN(C(=O)C1CC(C(=O)N(CC(C)(C)C)c2cnc(-c3ccccc3)c3ccccc23)CC(C(=O)N(CC(C)(C)C)c2cnc(-c3ccccc3)c3ccccc23)C1)c1cnc(-c2ccccc2)c2ccccc12. The van der Waals surface area contributed by atoms with Crippen LogP contribution in [0.25, 0.3) is 66.1 Å². The fourth-order valence-corrected chi connectivity index (χ4v) is 11.5. The van der Waals surface area contributed by atoms with Gasteiger partial charge in [-0.25, -0.2) is 0 Å². The first-order valence-corrected chi connectivity index (χ1v) is 27.6. The highest BCUT2D eigenvalue weighted by atomic mass is 16.2. The van der Waals surface area contributed by atoms with E-state index in [0.717, 1.165) is 66.1 Å². The van der Waals surface area contributed by atoms with Crippen LogP contribution in [0.4, 0.5) is 17.1 Å². The Morgan fingerprint density at radius 1 is 0.346 bits per heavy atom. The number of aromatic nitrogens is 3. The third kappa shape index (κ3) is 11.5. The molecule has 0 unspecified atom stereocenters. The van der Waals surface area contributed by atoms with E-state index >= 15 is 14.4 Å². The van der Waals surface area contributed by atoms with Crippen molar-refractivity contribution in [3.05, 3.63) is 182 Å². The van der Waals surface area contributed by atoms with E-state index in [2.05, 4.69) is 135 Å². The zero-order valence-electron chi connectivity index (χ0n) is 46.7. The smallest absolute Gasteiger partial charge is 0.230 e. The van der Waals surface area contributed by atoms with Gasteiger partial charge in [0.05, 0.1) is 52.7 Å². The number of hydrogen-bond donors (Lipinski definition) is 0. The number of carbonyl (C=O) groups excluding carboxylic acids is 3. The van der Waals surface area contributed by atoms with Crippen LogP contribution in [0.1, 0.15) is 81.6 Å². The molecule has 0 saturated heterocycles. The van der Waals surface area contributed by atoms with Gasteiger partial charge in [0.15, 0.2) is 0 Å². The molecule has 1 aliphatic carbocycles. The van der Waals surface area contributed by atoms with Gasteiger partial charge < -0.3 is 14.7 Å². The summed E-state index contributed by atoms with van der Waals surface area (Å²) in [5.74, 6) is -2.46. The van der Waals surface area contributed by atoms with Crippen LogP contribution in [0.2, 0.25) is 0 Å². The van der Waals surface area contributed by atoms with E-state index in [4.69, 9.17) is 15.0 Å². The second-order valence-corrected chi connectivity index (χ2v) is 25.0. The lowest BCUT2D eigenvalue weighted by Crippen LogP contribution is -2.50. The van der Waals surface area contributed by atoms with Crippen molar-refractivity contribution < 1.29 is 14.4 Å². The Morgan fingerprint density at radius 2 is 0.564 bits per heavy atom. The molecular weight excluding hydrogens is 961 g/mol. The summed E-state index contributed by atoms with van der Waals surface area (Å²) < 4.78 is 0. The van der Waals surface area contributed by atoms with Gasteiger partial charge in [0.25, 0.3) is 0 Å². The molecule has 1 fully saturated rings. The van der Waals surface area contributed by atoms with Crippen LogP contribution in [0.5, 0.6) is 0 Å². The summed E-state index contributed by atoms with van der Waals surface area (Å²) in [4.78, 5) is 69.5. The Kier molecular flexibility index (Phi) is 14.9. The Hall–Kier alpha value is -8.04. The molecule has 78 heavy (non-hydrogen) atoms. The summed E-state index contributed by atoms with van der Waals surface area (Å²) >= 11 is 0. The largest absolute Gasteiger partial charge is 0.310 e. The fraction of sp³-hybridized carbons (Fsp3) is 0.304. The van der Waals surface area contributed by atoms with E-state index in [1.165, 1.54) is 0 Å². The normalized spacial score (nSPS) is 16.0. The zero-order chi connectivity index (χ0) is 54.9. The number of anilines is 3. The van der Waals surface area contributed by atoms with Crippen molar-refractivity contribution in [1.29, 1.82) is 0 Å². The van der Waals surface area contributed by atoms with E-state index in [1.807, 2.05) is 124 Å². The molecule has 1 aliphatic rings. The number of hydrogen-bond acceptors (Lipinski definition) is 6. The van der Waals surface area contributed by atoms with Crippen LogP contribution in [-0.2, 0) is 14.4 Å². The maximum absolute atomic E-state index is 16.2. The monoisotopic (exact) mass is 1030 g/mol. The van der Waals surface area contributed by atoms with E-state index < -0.39 is 17.8 Å². The lowest BCUT2D eigenvalue weighted by atomic mass is 9.72. The average Bonchev–Trinajstić information content (AvgIpc) is 3.59. The van der Waals surface area contributed by atoms with Crippen molar-refractivity contribution in [2.45, 2.75) is 81.6 Å². The summed E-state index contributed by atoms with van der Waals surface area (Å²) in [6.45, 7) is 20.4. The molecule has 0 N–H and O–H groups in total. The fourth-order valence-electron chi connectivity index (χ4n) is 11.5. The Bertz CT molecular complexity index is 3250. The van der Waals surface area contributed by atoms with Gasteiger partial charge in [0.2, 0.25) is 17.7 Å². The topological polar surface area (TPSA) is 99.6 Å². The molecule has 0 bridgehead atoms. The predicted molar refractivity (Wildman–Crippen MR) is 321 cm³/mol. The molecule has 3 aromatic heterocycles. The first-order chi connectivity index (χ1) is 37.3. The summed E-state index contributed by atoms with van der Waals surface area (Å²) in [7, 11) is 0. The molecule has 1 saturated carbocycles. The lowest BCUT2D eigenvalue weighted by Gasteiger charge is -2.41. The minimum Gasteiger partial charge on any atom is -0.310 e. The van der Waals surface area contributed by atoms with Gasteiger partial charge in [0, 0.05) is 86.4 Å². The highest BCUT2D eigenvalue weighted by Crippen LogP contribution is 2.44. The molecule has 9 nitrogen and oxygen atoms in total. The van der Waals surface area contributed by atoms with Crippen molar-refractivity contribution >= 4 is 67.1 Å². The van der Waals surface area contributed by atoms with Crippen LogP contribution < -0.4 is 14.7 Å². The van der Waals surface area contributed by atoms with E-state index in [0.29, 0.717) is 36.7 Å². The second-order valence-electron chi connectivity index (χ2n) is 25.0. The molecule has 396 valence electrons. The first kappa shape index (κ1) is 53.4. The maximum Gasteiger partial charge on any atom is 0.230 e. The van der Waals surface area contributed by atoms with Crippen molar-refractivity contribution in [3.8, 4) is 33.8 Å². The number of carbonyl (C=O) groups is 3. The predicted octanol–water partition coefficient (Wildman–Crippen LogP) is 15.9. The van der Waals surface area contributed by atoms with Crippen molar-refractivity contribution in [2.24, 2.45) is 34.0 Å². The number of fused-ring (bicyclic) bond motifs is 3. The third-order valence-electron chi connectivity index (χ3n) is 14.8. The molecule has 3 heterocycles. The van der Waals surface area contributed by atoms with Gasteiger partial charge in [0.1, 0.15) is 0 Å². The van der Waals surface area contributed by atoms with Crippen molar-refractivity contribution in [3.63, 3.8) is 0 Å². The molecule has 0 aliphatic heterocycles. The Labute approximate surface area is 460 Å². The third-order valence-corrected chi connectivity index (χ3v) is 14.8. The number of rotatable bonds is 12. The molecule has 0 atom stereocenters. The molecule has 0 radical (unpaired) electrons. The molecule has 0 spiro atoms. The summed E-state index contributed by atoms with van der Waals surface area (Å²) in [6.07, 6.45) is 6.31. The molecule has 9 aromatic rings. The Morgan fingerprint density at radius 3 is 0.795 bits per heavy atom. The number of benzene rings is 6.